The molecule has 0 saturated carbocycles. The lowest BCUT2D eigenvalue weighted by Gasteiger charge is -2.48. The highest BCUT2D eigenvalue weighted by Gasteiger charge is 2.42. The number of hydrogen-bond acceptors (Lipinski definition) is 5. The summed E-state index contributed by atoms with van der Waals surface area (Å²) >= 11 is 0. The molecule has 2 N–H and O–H groups in total. The number of piperazine rings is 1. The van der Waals surface area contributed by atoms with Gasteiger partial charge in [-0.25, -0.2) is 0 Å². The van der Waals surface area contributed by atoms with Crippen molar-refractivity contribution in [2.24, 2.45) is 5.41 Å². The van der Waals surface area contributed by atoms with E-state index in [0.717, 1.165) is 37.8 Å². The summed E-state index contributed by atoms with van der Waals surface area (Å²) in [5.41, 5.74) is 1.25. The van der Waals surface area contributed by atoms with Gasteiger partial charge in [-0.05, 0) is 42.7 Å². The number of carbonyl (C=O) groups excluding carboxylic acids is 3. The second-order valence-corrected chi connectivity index (χ2v) is 8.50. The molecule has 3 amide bonds. The summed E-state index contributed by atoms with van der Waals surface area (Å²) < 4.78 is 0. The van der Waals surface area contributed by atoms with Gasteiger partial charge in [0.15, 0.2) is 0 Å². The van der Waals surface area contributed by atoms with Crippen molar-refractivity contribution in [1.29, 1.82) is 0 Å². The van der Waals surface area contributed by atoms with Crippen molar-refractivity contribution < 1.29 is 14.4 Å². The molecule has 4 heterocycles. The van der Waals surface area contributed by atoms with Crippen molar-refractivity contribution in [2.75, 3.05) is 39.3 Å². The minimum absolute atomic E-state index is 0.000666. The molecule has 1 atom stereocenters. The molecule has 8 heteroatoms. The van der Waals surface area contributed by atoms with Crippen LogP contribution in [0.1, 0.15) is 31.2 Å². The number of nitrogens with zero attached hydrogens (tertiary/aromatic N) is 3. The lowest BCUT2D eigenvalue weighted by atomic mass is 9.72. The zero-order chi connectivity index (χ0) is 20.3. The Balaban J connectivity index is 1.31. The monoisotopic (exact) mass is 399 g/mol. The Morgan fingerprint density at radius 3 is 2.79 bits per heavy atom. The van der Waals surface area contributed by atoms with E-state index in [1.807, 2.05) is 28.1 Å². The molecule has 8 nitrogen and oxygen atoms in total. The molecule has 1 aromatic rings. The summed E-state index contributed by atoms with van der Waals surface area (Å²) in [4.78, 5) is 44.8. The van der Waals surface area contributed by atoms with E-state index < -0.39 is 6.04 Å². The van der Waals surface area contributed by atoms with E-state index in [4.69, 9.17) is 0 Å². The number of hydrogen-bond donors (Lipinski definition) is 2. The fourth-order valence-electron chi connectivity index (χ4n) is 4.72. The molecule has 29 heavy (non-hydrogen) atoms. The number of rotatable bonds is 4. The van der Waals surface area contributed by atoms with Gasteiger partial charge in [0.25, 0.3) is 0 Å². The third-order valence-corrected chi connectivity index (χ3v) is 6.54. The van der Waals surface area contributed by atoms with Crippen LogP contribution in [0.25, 0.3) is 0 Å². The molecule has 0 aromatic carbocycles. The smallest absolute Gasteiger partial charge is 0.246 e. The number of amides is 3. The SMILES string of the molecule is O=C1CNCC(C(=O)N2CCC3(CCC(=O)N(CCc4cccnc4)C3)CC2)N1. The maximum Gasteiger partial charge on any atom is 0.246 e. The lowest BCUT2D eigenvalue weighted by molar-refractivity contribution is -0.144. The van der Waals surface area contributed by atoms with Crippen LogP contribution in [0.15, 0.2) is 24.5 Å². The van der Waals surface area contributed by atoms with E-state index in [1.54, 1.807) is 6.20 Å². The van der Waals surface area contributed by atoms with Crippen molar-refractivity contribution in [3.8, 4) is 0 Å². The molecule has 0 bridgehead atoms. The maximum atomic E-state index is 12.7. The molecule has 4 rings (SSSR count). The number of piperidine rings is 2. The predicted molar refractivity (Wildman–Crippen MR) is 107 cm³/mol. The van der Waals surface area contributed by atoms with Crippen molar-refractivity contribution in [1.82, 2.24) is 25.4 Å². The second-order valence-electron chi connectivity index (χ2n) is 8.50. The Bertz CT molecular complexity index is 761. The van der Waals surface area contributed by atoms with Crippen LogP contribution in [0.4, 0.5) is 0 Å². The third kappa shape index (κ3) is 4.58. The van der Waals surface area contributed by atoms with Gasteiger partial charge in [-0.2, -0.15) is 0 Å². The lowest BCUT2D eigenvalue weighted by Crippen LogP contribution is -2.61. The molecule has 1 unspecified atom stereocenters. The number of pyridine rings is 1. The molecule has 3 fully saturated rings. The summed E-state index contributed by atoms with van der Waals surface area (Å²) in [6.07, 6.45) is 7.73. The van der Waals surface area contributed by atoms with Gasteiger partial charge >= 0.3 is 0 Å². The summed E-state index contributed by atoms with van der Waals surface area (Å²) in [6, 6.07) is 3.50. The standard InChI is InChI=1S/C21H29N5O3/c27-18-14-23-13-17(24-18)20(29)25-10-6-21(7-11-25)5-3-19(28)26(15-21)9-4-16-2-1-8-22-12-16/h1-2,8,12,17,23H,3-7,9-11,13-15H2,(H,24,27). The van der Waals surface area contributed by atoms with Crippen molar-refractivity contribution in [3.63, 3.8) is 0 Å². The van der Waals surface area contributed by atoms with Crippen LogP contribution in [0.2, 0.25) is 0 Å². The fourth-order valence-corrected chi connectivity index (χ4v) is 4.72. The molecule has 3 aliphatic heterocycles. The Hall–Kier alpha value is -2.48. The van der Waals surface area contributed by atoms with Gasteiger partial charge in [0.1, 0.15) is 6.04 Å². The van der Waals surface area contributed by atoms with E-state index in [2.05, 4.69) is 15.6 Å². The summed E-state index contributed by atoms with van der Waals surface area (Å²) in [5.74, 6) is 0.105. The van der Waals surface area contributed by atoms with Crippen molar-refractivity contribution in [2.45, 2.75) is 38.1 Å². The first-order chi connectivity index (χ1) is 14.0. The highest BCUT2D eigenvalue weighted by molar-refractivity contribution is 5.89. The third-order valence-electron chi connectivity index (χ3n) is 6.54. The second kappa shape index (κ2) is 8.49. The first-order valence-corrected chi connectivity index (χ1v) is 10.5. The molecule has 156 valence electrons. The maximum absolute atomic E-state index is 12.7. The van der Waals surface area contributed by atoms with Crippen LogP contribution in [0, 0.1) is 5.41 Å². The van der Waals surface area contributed by atoms with Crippen LogP contribution in [-0.4, -0.2) is 77.8 Å². The summed E-state index contributed by atoms with van der Waals surface area (Å²) in [7, 11) is 0. The van der Waals surface area contributed by atoms with Crippen molar-refractivity contribution >= 4 is 17.7 Å². The van der Waals surface area contributed by atoms with Gasteiger partial charge in [0.05, 0.1) is 6.54 Å². The predicted octanol–water partition coefficient (Wildman–Crippen LogP) is -0.0567. The minimum atomic E-state index is -0.464. The normalized spacial score (nSPS) is 24.5. The van der Waals surface area contributed by atoms with E-state index >= 15 is 0 Å². The first-order valence-electron chi connectivity index (χ1n) is 10.5. The Kier molecular flexibility index (Phi) is 5.80. The molecule has 3 aliphatic rings. The quantitative estimate of drug-likeness (QED) is 0.740. The molecular weight excluding hydrogens is 370 g/mol. The topological polar surface area (TPSA) is 94.6 Å². The molecule has 0 radical (unpaired) electrons. The summed E-state index contributed by atoms with van der Waals surface area (Å²) in [6.45, 7) is 3.63. The highest BCUT2D eigenvalue weighted by atomic mass is 16.2. The van der Waals surface area contributed by atoms with E-state index in [-0.39, 0.29) is 29.7 Å². The first kappa shape index (κ1) is 19.8. The Labute approximate surface area is 171 Å². The molecule has 3 saturated heterocycles. The van der Waals surface area contributed by atoms with Gasteiger partial charge in [0, 0.05) is 51.5 Å². The van der Waals surface area contributed by atoms with Gasteiger partial charge in [-0.3, -0.25) is 19.4 Å². The molecule has 1 aromatic heterocycles. The van der Waals surface area contributed by atoms with E-state index in [1.165, 1.54) is 0 Å². The van der Waals surface area contributed by atoms with Gasteiger partial charge in [-0.15, -0.1) is 0 Å². The zero-order valence-electron chi connectivity index (χ0n) is 16.7. The van der Waals surface area contributed by atoms with Crippen molar-refractivity contribution in [3.05, 3.63) is 30.1 Å². The number of nitrogens with one attached hydrogen (secondary N) is 2. The van der Waals surface area contributed by atoms with Crippen LogP contribution >= 0.6 is 0 Å². The van der Waals surface area contributed by atoms with Crippen LogP contribution in [0.5, 0.6) is 0 Å². The zero-order valence-corrected chi connectivity index (χ0v) is 16.7. The number of aromatic nitrogens is 1. The average molecular weight is 399 g/mol. The average Bonchev–Trinajstić information content (AvgIpc) is 2.75. The Morgan fingerprint density at radius 2 is 2.07 bits per heavy atom. The Morgan fingerprint density at radius 1 is 1.24 bits per heavy atom. The molecular formula is C21H29N5O3. The van der Waals surface area contributed by atoms with Gasteiger partial charge in [0.2, 0.25) is 17.7 Å². The largest absolute Gasteiger partial charge is 0.342 e. The van der Waals surface area contributed by atoms with Crippen LogP contribution in [-0.2, 0) is 20.8 Å². The van der Waals surface area contributed by atoms with E-state index in [9.17, 15) is 14.4 Å². The number of carbonyl (C=O) groups is 3. The van der Waals surface area contributed by atoms with Gasteiger partial charge < -0.3 is 20.4 Å². The number of likely N-dealkylation sites (tertiary alicyclic amines) is 2. The molecule has 1 spiro atoms. The molecule has 0 aliphatic carbocycles. The van der Waals surface area contributed by atoms with Crippen LogP contribution < -0.4 is 10.6 Å². The van der Waals surface area contributed by atoms with Gasteiger partial charge in [-0.1, -0.05) is 6.07 Å². The van der Waals surface area contributed by atoms with E-state index in [0.29, 0.717) is 32.6 Å². The highest BCUT2D eigenvalue weighted by Crippen LogP contribution is 2.40. The minimum Gasteiger partial charge on any atom is -0.342 e. The van der Waals surface area contributed by atoms with Crippen LogP contribution in [0.3, 0.4) is 0 Å². The summed E-state index contributed by atoms with van der Waals surface area (Å²) in [5, 5.41) is 5.77. The fraction of sp³-hybridized carbons (Fsp3) is 0.619.